The summed E-state index contributed by atoms with van der Waals surface area (Å²) < 4.78 is 5.75. The van der Waals surface area contributed by atoms with Gasteiger partial charge in [0.05, 0.1) is 12.2 Å². The Bertz CT molecular complexity index is 671. The van der Waals surface area contributed by atoms with Crippen LogP contribution in [0.1, 0.15) is 27.9 Å². The van der Waals surface area contributed by atoms with Crippen molar-refractivity contribution in [3.8, 4) is 5.75 Å². The molecule has 23 heavy (non-hydrogen) atoms. The predicted octanol–water partition coefficient (Wildman–Crippen LogP) is 2.79. The first-order valence-corrected chi connectivity index (χ1v) is 7.65. The maximum Gasteiger partial charge on any atom is 0.267 e. The minimum Gasteiger partial charge on any atom is -0.493 e. The summed E-state index contributed by atoms with van der Waals surface area (Å²) in [5.41, 5.74) is 5.63. The van der Waals surface area contributed by atoms with Crippen LogP contribution in [0.25, 0.3) is 0 Å². The number of nitrogens with two attached hydrogens (primary N) is 1. The molecule has 0 aromatic heterocycles. The van der Waals surface area contributed by atoms with E-state index in [0.717, 1.165) is 29.0 Å². The number of rotatable bonds is 7. The number of carbonyl (C=O) groups excluding carboxylic acids is 1. The number of carbonyl (C=O) groups is 1. The van der Waals surface area contributed by atoms with Gasteiger partial charge in [0, 0.05) is 12.2 Å². The van der Waals surface area contributed by atoms with Crippen molar-refractivity contribution in [2.75, 3.05) is 18.5 Å². The minimum absolute atomic E-state index is 0.299. The van der Waals surface area contributed by atoms with Crippen molar-refractivity contribution >= 4 is 11.6 Å². The summed E-state index contributed by atoms with van der Waals surface area (Å²) in [6.07, 6.45) is 0.825. The highest BCUT2D eigenvalue weighted by Gasteiger charge is 2.10. The molecule has 2 aromatic rings. The third-order valence-electron chi connectivity index (χ3n) is 3.54. The number of benzene rings is 2. The Balaban J connectivity index is 1.85. The largest absolute Gasteiger partial charge is 0.493 e. The van der Waals surface area contributed by atoms with Crippen molar-refractivity contribution in [3.63, 3.8) is 0 Å². The Kier molecular flexibility index (Phi) is 6.00. The monoisotopic (exact) mass is 313 g/mol. The van der Waals surface area contributed by atoms with Crippen molar-refractivity contribution in [1.29, 1.82) is 0 Å². The summed E-state index contributed by atoms with van der Waals surface area (Å²) in [5, 5.41) is 3.26. The zero-order valence-electron chi connectivity index (χ0n) is 13.6. The summed E-state index contributed by atoms with van der Waals surface area (Å²) in [7, 11) is 0. The van der Waals surface area contributed by atoms with Crippen LogP contribution >= 0.6 is 0 Å². The van der Waals surface area contributed by atoms with Gasteiger partial charge in [-0.2, -0.15) is 0 Å². The van der Waals surface area contributed by atoms with Crippen molar-refractivity contribution in [2.45, 2.75) is 20.3 Å². The Morgan fingerprint density at radius 2 is 1.96 bits per heavy atom. The highest BCUT2D eigenvalue weighted by molar-refractivity contribution is 5.99. The quantitative estimate of drug-likeness (QED) is 0.318. The van der Waals surface area contributed by atoms with Gasteiger partial charge >= 0.3 is 0 Å². The maximum atomic E-state index is 11.8. The summed E-state index contributed by atoms with van der Waals surface area (Å²) in [5.74, 6) is 5.84. The van der Waals surface area contributed by atoms with Crippen LogP contribution in [0.3, 0.4) is 0 Å². The van der Waals surface area contributed by atoms with Crippen LogP contribution in [-0.4, -0.2) is 19.1 Å². The molecular formula is C18H23N3O2. The lowest BCUT2D eigenvalue weighted by molar-refractivity contribution is 0.0954. The Morgan fingerprint density at radius 1 is 1.17 bits per heavy atom. The van der Waals surface area contributed by atoms with Gasteiger partial charge in [0.2, 0.25) is 0 Å². The first-order valence-electron chi connectivity index (χ1n) is 7.65. The second kappa shape index (κ2) is 8.19. The highest BCUT2D eigenvalue weighted by Crippen LogP contribution is 2.18. The molecule has 0 fully saturated rings. The number of hydrogen-bond acceptors (Lipinski definition) is 4. The number of hydrazine groups is 1. The number of aryl methyl sites for hydroxylation is 2. The smallest absolute Gasteiger partial charge is 0.267 e. The van der Waals surface area contributed by atoms with E-state index in [-0.39, 0.29) is 5.91 Å². The number of amides is 1. The molecule has 0 unspecified atom stereocenters. The van der Waals surface area contributed by atoms with Crippen LogP contribution < -0.4 is 21.3 Å². The standard InChI is InChI=1S/C18H23N3O2/c1-13-8-9-16(15(12-13)18(22)21-19)20-10-5-11-23-17-7-4-3-6-14(17)2/h3-4,6-9,12,20H,5,10-11,19H2,1-2H3,(H,21,22). The molecule has 5 heteroatoms. The normalized spacial score (nSPS) is 10.2. The van der Waals surface area contributed by atoms with Gasteiger partial charge in [0.15, 0.2) is 0 Å². The highest BCUT2D eigenvalue weighted by atomic mass is 16.5. The topological polar surface area (TPSA) is 76.4 Å². The number of ether oxygens (including phenoxy) is 1. The number of nitrogens with one attached hydrogen (secondary N) is 2. The summed E-state index contributed by atoms with van der Waals surface area (Å²) in [4.78, 5) is 11.8. The Morgan fingerprint density at radius 3 is 2.70 bits per heavy atom. The van der Waals surface area contributed by atoms with Gasteiger partial charge in [-0.05, 0) is 44.0 Å². The Hall–Kier alpha value is -2.53. The first-order chi connectivity index (χ1) is 11.1. The number of hydrogen-bond donors (Lipinski definition) is 3. The second-order valence-electron chi connectivity index (χ2n) is 5.42. The zero-order valence-corrected chi connectivity index (χ0v) is 13.6. The SMILES string of the molecule is Cc1ccc(NCCCOc2ccccc2C)c(C(=O)NN)c1. The third kappa shape index (κ3) is 4.72. The zero-order chi connectivity index (χ0) is 16.7. The van der Waals surface area contributed by atoms with Gasteiger partial charge in [-0.15, -0.1) is 0 Å². The van der Waals surface area contributed by atoms with E-state index in [4.69, 9.17) is 10.6 Å². The van der Waals surface area contributed by atoms with Gasteiger partial charge < -0.3 is 10.1 Å². The van der Waals surface area contributed by atoms with Gasteiger partial charge in [0.1, 0.15) is 5.75 Å². The molecule has 0 bridgehead atoms. The van der Waals surface area contributed by atoms with Crippen molar-refractivity contribution in [3.05, 3.63) is 59.2 Å². The molecule has 0 spiro atoms. The molecule has 4 N–H and O–H groups in total. The fourth-order valence-corrected chi connectivity index (χ4v) is 2.27. The van der Waals surface area contributed by atoms with E-state index in [0.29, 0.717) is 18.7 Å². The van der Waals surface area contributed by atoms with Crippen LogP contribution in [0.5, 0.6) is 5.75 Å². The number of anilines is 1. The number of para-hydroxylation sites is 1. The average Bonchev–Trinajstić information content (AvgIpc) is 2.56. The predicted molar refractivity (Wildman–Crippen MR) is 92.6 cm³/mol. The second-order valence-corrected chi connectivity index (χ2v) is 5.42. The van der Waals surface area contributed by atoms with Crippen LogP contribution in [0.2, 0.25) is 0 Å². The molecule has 5 nitrogen and oxygen atoms in total. The van der Waals surface area contributed by atoms with E-state index < -0.39 is 0 Å². The summed E-state index contributed by atoms with van der Waals surface area (Å²) >= 11 is 0. The molecule has 0 atom stereocenters. The van der Waals surface area contributed by atoms with Gasteiger partial charge in [-0.1, -0.05) is 29.8 Å². The third-order valence-corrected chi connectivity index (χ3v) is 3.54. The lowest BCUT2D eigenvalue weighted by atomic mass is 10.1. The van der Waals surface area contributed by atoms with Crippen molar-refractivity contribution < 1.29 is 9.53 Å². The lowest BCUT2D eigenvalue weighted by Gasteiger charge is -2.13. The van der Waals surface area contributed by atoms with E-state index in [9.17, 15) is 4.79 Å². The molecule has 1 amide bonds. The molecule has 2 aromatic carbocycles. The van der Waals surface area contributed by atoms with E-state index in [1.807, 2.05) is 56.3 Å². The van der Waals surface area contributed by atoms with Crippen molar-refractivity contribution in [2.24, 2.45) is 5.84 Å². The van der Waals surface area contributed by atoms with E-state index >= 15 is 0 Å². The number of nitrogen functional groups attached to an aromatic ring is 1. The first kappa shape index (κ1) is 16.8. The molecule has 0 heterocycles. The molecule has 0 aliphatic rings. The van der Waals surface area contributed by atoms with Gasteiger partial charge in [0.25, 0.3) is 5.91 Å². The van der Waals surface area contributed by atoms with Crippen molar-refractivity contribution in [1.82, 2.24) is 5.43 Å². The fourth-order valence-electron chi connectivity index (χ4n) is 2.27. The van der Waals surface area contributed by atoms with E-state index in [1.165, 1.54) is 0 Å². The minimum atomic E-state index is -0.299. The average molecular weight is 313 g/mol. The molecule has 0 radical (unpaired) electrons. The molecule has 0 saturated carbocycles. The summed E-state index contributed by atoms with van der Waals surface area (Å²) in [6, 6.07) is 13.6. The van der Waals surface area contributed by atoms with Crippen LogP contribution in [-0.2, 0) is 0 Å². The van der Waals surface area contributed by atoms with Crippen LogP contribution in [0, 0.1) is 13.8 Å². The van der Waals surface area contributed by atoms with Gasteiger partial charge in [-0.3, -0.25) is 10.2 Å². The lowest BCUT2D eigenvalue weighted by Crippen LogP contribution is -2.30. The molecule has 0 aliphatic heterocycles. The molecular weight excluding hydrogens is 290 g/mol. The maximum absolute atomic E-state index is 11.8. The molecule has 0 saturated heterocycles. The van der Waals surface area contributed by atoms with E-state index in [1.54, 1.807) is 0 Å². The van der Waals surface area contributed by atoms with Crippen LogP contribution in [0.15, 0.2) is 42.5 Å². The van der Waals surface area contributed by atoms with Gasteiger partial charge in [-0.25, -0.2) is 5.84 Å². The fraction of sp³-hybridized carbons (Fsp3) is 0.278. The van der Waals surface area contributed by atoms with E-state index in [2.05, 4.69) is 10.7 Å². The summed E-state index contributed by atoms with van der Waals surface area (Å²) in [6.45, 7) is 5.28. The Labute approximate surface area is 136 Å². The van der Waals surface area contributed by atoms with Crippen LogP contribution in [0.4, 0.5) is 5.69 Å². The molecule has 122 valence electrons. The molecule has 0 aliphatic carbocycles. The molecule has 2 rings (SSSR count).